The highest BCUT2D eigenvalue weighted by molar-refractivity contribution is 5.70. The van der Waals surface area contributed by atoms with Crippen molar-refractivity contribution in [1.29, 1.82) is 0 Å². The van der Waals surface area contributed by atoms with Crippen LogP contribution in [0, 0.1) is 5.82 Å². The van der Waals surface area contributed by atoms with Crippen LogP contribution in [0.3, 0.4) is 0 Å². The van der Waals surface area contributed by atoms with Crippen LogP contribution in [0.4, 0.5) is 26.3 Å². The van der Waals surface area contributed by atoms with E-state index in [-0.39, 0.29) is 6.20 Å². The van der Waals surface area contributed by atoms with Crippen molar-refractivity contribution in [2.45, 2.75) is 19.0 Å². The fourth-order valence-corrected chi connectivity index (χ4v) is 1.26. The molecular weight excluding hydrogens is 268 g/mol. The number of pyridine rings is 1. The number of halogens is 6. The summed E-state index contributed by atoms with van der Waals surface area (Å²) in [6.07, 6.45) is -9.78. The summed E-state index contributed by atoms with van der Waals surface area (Å²) in [5.74, 6) is -3.87. The molecule has 0 aliphatic rings. The smallest absolute Gasteiger partial charge is 0.421 e. The summed E-state index contributed by atoms with van der Waals surface area (Å²) < 4.78 is 75.2. The molecule has 0 atom stereocenters. The van der Waals surface area contributed by atoms with E-state index in [0.29, 0.717) is 0 Å². The second-order valence-corrected chi connectivity index (χ2v) is 3.22. The molecule has 0 bridgehead atoms. The second-order valence-electron chi connectivity index (χ2n) is 3.22. The largest absolute Gasteiger partial charge is 0.481 e. The number of aliphatic carboxylic acids is 1. The van der Waals surface area contributed by atoms with Gasteiger partial charge in [0.1, 0.15) is 11.4 Å². The van der Waals surface area contributed by atoms with Gasteiger partial charge in [0.25, 0.3) is 6.43 Å². The number of nitrogens with zero attached hydrogens (tertiary/aromatic N) is 1. The average molecular weight is 273 g/mol. The number of carboxylic acid groups (broad SMARTS) is 1. The maximum Gasteiger partial charge on any atom is 0.421 e. The molecule has 0 fully saturated rings. The lowest BCUT2D eigenvalue weighted by molar-refractivity contribution is -0.142. The van der Waals surface area contributed by atoms with E-state index in [1.165, 1.54) is 0 Å². The Labute approximate surface area is 96.1 Å². The van der Waals surface area contributed by atoms with Crippen LogP contribution < -0.4 is 0 Å². The first-order valence-corrected chi connectivity index (χ1v) is 4.39. The normalized spacial score (nSPS) is 11.9. The van der Waals surface area contributed by atoms with Crippen LogP contribution >= 0.6 is 0 Å². The van der Waals surface area contributed by atoms with E-state index in [2.05, 4.69) is 4.98 Å². The van der Waals surface area contributed by atoms with Crippen LogP contribution in [0.1, 0.15) is 23.2 Å². The Morgan fingerprint density at radius 1 is 1.39 bits per heavy atom. The lowest BCUT2D eigenvalue weighted by Gasteiger charge is -2.14. The minimum atomic E-state index is -5.30. The van der Waals surface area contributed by atoms with Crippen LogP contribution in [-0.2, 0) is 17.4 Å². The topological polar surface area (TPSA) is 50.2 Å². The molecule has 0 radical (unpaired) electrons. The van der Waals surface area contributed by atoms with Crippen molar-refractivity contribution in [3.8, 4) is 0 Å². The number of carboxylic acids is 1. The van der Waals surface area contributed by atoms with Crippen molar-refractivity contribution < 1.29 is 36.2 Å². The van der Waals surface area contributed by atoms with Gasteiger partial charge in [-0.05, 0) is 0 Å². The number of carbonyl (C=O) groups is 1. The molecule has 0 saturated heterocycles. The van der Waals surface area contributed by atoms with Crippen molar-refractivity contribution in [1.82, 2.24) is 4.98 Å². The molecule has 0 aromatic carbocycles. The Hall–Kier alpha value is -1.80. The molecule has 0 unspecified atom stereocenters. The fourth-order valence-electron chi connectivity index (χ4n) is 1.26. The van der Waals surface area contributed by atoms with Crippen molar-refractivity contribution in [2.75, 3.05) is 0 Å². The quantitative estimate of drug-likeness (QED) is 0.861. The van der Waals surface area contributed by atoms with Gasteiger partial charge in [-0.15, -0.1) is 0 Å². The van der Waals surface area contributed by atoms with Crippen molar-refractivity contribution in [2.24, 2.45) is 0 Å². The third-order valence-corrected chi connectivity index (χ3v) is 1.96. The minimum Gasteiger partial charge on any atom is -0.481 e. The van der Waals surface area contributed by atoms with Gasteiger partial charge in [-0.3, -0.25) is 9.78 Å². The predicted molar refractivity (Wildman–Crippen MR) is 45.5 cm³/mol. The van der Waals surface area contributed by atoms with Gasteiger partial charge in [-0.1, -0.05) is 0 Å². The zero-order valence-corrected chi connectivity index (χ0v) is 8.43. The molecule has 1 aromatic heterocycles. The second kappa shape index (κ2) is 4.83. The van der Waals surface area contributed by atoms with Gasteiger partial charge in [-0.2, -0.15) is 13.2 Å². The molecule has 0 spiro atoms. The third-order valence-electron chi connectivity index (χ3n) is 1.96. The molecule has 100 valence electrons. The third kappa shape index (κ3) is 2.90. The first kappa shape index (κ1) is 14.3. The lowest BCUT2D eigenvalue weighted by Crippen LogP contribution is -2.18. The van der Waals surface area contributed by atoms with Crippen molar-refractivity contribution in [3.63, 3.8) is 0 Å². The molecule has 3 nitrogen and oxygen atoms in total. The van der Waals surface area contributed by atoms with Gasteiger partial charge in [0.05, 0.1) is 17.7 Å². The molecule has 1 heterocycles. The molecular formula is C9H5F6NO2. The first-order chi connectivity index (χ1) is 8.14. The van der Waals surface area contributed by atoms with Gasteiger partial charge in [0.2, 0.25) is 0 Å². The molecule has 18 heavy (non-hydrogen) atoms. The first-order valence-electron chi connectivity index (χ1n) is 4.39. The van der Waals surface area contributed by atoms with Crippen LogP contribution in [0.15, 0.2) is 6.20 Å². The van der Waals surface area contributed by atoms with Crippen LogP contribution in [0.2, 0.25) is 0 Å². The van der Waals surface area contributed by atoms with E-state index in [9.17, 15) is 31.1 Å². The monoisotopic (exact) mass is 273 g/mol. The van der Waals surface area contributed by atoms with E-state index in [1.807, 2.05) is 0 Å². The standard InChI is InChI=1S/C9H5F6NO2/c10-7-3(8(11)12)2-16-4(1-5(17)18)6(7)9(13,14)15/h2,8H,1H2,(H,17,18). The molecule has 0 aliphatic heterocycles. The number of aromatic nitrogens is 1. The fraction of sp³-hybridized carbons (Fsp3) is 0.333. The van der Waals surface area contributed by atoms with E-state index in [4.69, 9.17) is 5.11 Å². The Bertz CT molecular complexity index is 471. The van der Waals surface area contributed by atoms with Crippen LogP contribution in [-0.4, -0.2) is 16.1 Å². The molecule has 0 amide bonds. The Kier molecular flexibility index (Phi) is 3.82. The van der Waals surface area contributed by atoms with Crippen molar-refractivity contribution in [3.05, 3.63) is 28.8 Å². The highest BCUT2D eigenvalue weighted by Crippen LogP contribution is 2.36. The maximum atomic E-state index is 13.3. The van der Waals surface area contributed by atoms with Gasteiger partial charge in [0, 0.05) is 6.20 Å². The number of hydrogen-bond donors (Lipinski definition) is 1. The summed E-state index contributed by atoms with van der Waals surface area (Å²) in [5.41, 5.74) is -4.73. The molecule has 1 rings (SSSR count). The maximum absolute atomic E-state index is 13.3. The van der Waals surface area contributed by atoms with Gasteiger partial charge < -0.3 is 5.11 Å². The SMILES string of the molecule is O=C(O)Cc1ncc(C(F)F)c(F)c1C(F)(F)F. The molecule has 0 saturated carbocycles. The summed E-state index contributed by atoms with van der Waals surface area (Å²) in [6, 6.07) is 0. The highest BCUT2D eigenvalue weighted by Gasteiger charge is 2.40. The lowest BCUT2D eigenvalue weighted by atomic mass is 10.1. The molecule has 9 heteroatoms. The van der Waals surface area contributed by atoms with E-state index in [1.54, 1.807) is 0 Å². The Balaban J connectivity index is 3.47. The number of alkyl halides is 5. The molecule has 0 aliphatic carbocycles. The summed E-state index contributed by atoms with van der Waals surface area (Å²) in [4.78, 5) is 13.2. The zero-order valence-electron chi connectivity index (χ0n) is 8.43. The zero-order chi connectivity index (χ0) is 14.1. The highest BCUT2D eigenvalue weighted by atomic mass is 19.4. The van der Waals surface area contributed by atoms with Gasteiger partial charge in [-0.25, -0.2) is 13.2 Å². The summed E-state index contributed by atoms with van der Waals surface area (Å²) in [7, 11) is 0. The van der Waals surface area contributed by atoms with Crippen LogP contribution in [0.25, 0.3) is 0 Å². The van der Waals surface area contributed by atoms with E-state index < -0.39 is 47.6 Å². The summed E-state index contributed by atoms with van der Waals surface area (Å²) in [5, 5.41) is 8.35. The number of rotatable bonds is 3. The average Bonchev–Trinajstić information content (AvgIpc) is 2.13. The van der Waals surface area contributed by atoms with E-state index in [0.717, 1.165) is 0 Å². The summed E-state index contributed by atoms with van der Waals surface area (Å²) in [6.45, 7) is 0. The van der Waals surface area contributed by atoms with E-state index >= 15 is 0 Å². The summed E-state index contributed by atoms with van der Waals surface area (Å²) >= 11 is 0. The van der Waals surface area contributed by atoms with Gasteiger partial charge >= 0.3 is 12.1 Å². The Morgan fingerprint density at radius 3 is 2.33 bits per heavy atom. The van der Waals surface area contributed by atoms with Gasteiger partial charge in [0.15, 0.2) is 0 Å². The molecule has 1 N–H and O–H groups in total. The Morgan fingerprint density at radius 2 is 1.94 bits per heavy atom. The van der Waals surface area contributed by atoms with Crippen LogP contribution in [0.5, 0.6) is 0 Å². The molecule has 1 aromatic rings. The number of hydrogen-bond acceptors (Lipinski definition) is 2. The van der Waals surface area contributed by atoms with Crippen molar-refractivity contribution >= 4 is 5.97 Å². The minimum absolute atomic E-state index is 0.202. The predicted octanol–water partition coefficient (Wildman–Crippen LogP) is 2.80.